The number of nitrogens with zero attached hydrogens (tertiary/aromatic N) is 2. The van der Waals surface area contributed by atoms with Crippen molar-refractivity contribution in [3.8, 4) is 11.3 Å². The van der Waals surface area contributed by atoms with Crippen LogP contribution >= 0.6 is 0 Å². The number of hydrogen-bond acceptors (Lipinski definition) is 3. The minimum absolute atomic E-state index is 0.262. The minimum Gasteiger partial charge on any atom is -0.269 e. The van der Waals surface area contributed by atoms with Gasteiger partial charge in [0.25, 0.3) is 0 Å². The Labute approximate surface area is 125 Å². The van der Waals surface area contributed by atoms with Crippen LogP contribution < -0.4 is 4.72 Å². The summed E-state index contributed by atoms with van der Waals surface area (Å²) in [6, 6.07) is 9.31. The van der Waals surface area contributed by atoms with Crippen molar-refractivity contribution in [1.82, 2.24) is 14.5 Å². The Balaban J connectivity index is 1.92. The average molecular weight is 305 g/mol. The van der Waals surface area contributed by atoms with E-state index in [1.807, 2.05) is 23.0 Å². The van der Waals surface area contributed by atoms with Crippen LogP contribution in [0.4, 0.5) is 0 Å². The number of aromatic nitrogens is 2. The lowest BCUT2D eigenvalue weighted by atomic mass is 10.2. The summed E-state index contributed by atoms with van der Waals surface area (Å²) >= 11 is 0. The molecule has 0 radical (unpaired) electrons. The number of nitrogens with one attached hydrogen (secondary N) is 1. The molecular formula is C15H19N3O2S. The first-order valence-electron chi connectivity index (χ1n) is 7.19. The van der Waals surface area contributed by atoms with Crippen molar-refractivity contribution in [1.29, 1.82) is 0 Å². The minimum atomic E-state index is -3.42. The monoisotopic (exact) mass is 305 g/mol. The van der Waals surface area contributed by atoms with Crippen molar-refractivity contribution in [2.24, 2.45) is 0 Å². The maximum Gasteiger partial charge on any atom is 0.240 e. The summed E-state index contributed by atoms with van der Waals surface area (Å²) in [5.74, 6) is 0. The highest BCUT2D eigenvalue weighted by Crippen LogP contribution is 2.30. The van der Waals surface area contributed by atoms with Gasteiger partial charge in [-0.15, -0.1) is 0 Å². The molecule has 0 bridgehead atoms. The van der Waals surface area contributed by atoms with Gasteiger partial charge in [-0.25, -0.2) is 13.1 Å². The third-order valence-electron chi connectivity index (χ3n) is 4.02. The fourth-order valence-electron chi connectivity index (χ4n) is 2.80. The van der Waals surface area contributed by atoms with E-state index in [0.717, 1.165) is 11.3 Å². The maximum absolute atomic E-state index is 11.9. The van der Waals surface area contributed by atoms with Crippen LogP contribution in [0.25, 0.3) is 11.3 Å². The van der Waals surface area contributed by atoms with Gasteiger partial charge in [-0.05, 0) is 38.1 Å². The maximum atomic E-state index is 11.9. The summed E-state index contributed by atoms with van der Waals surface area (Å²) in [5.41, 5.74) is 1.64. The number of rotatable bonds is 4. The van der Waals surface area contributed by atoms with Crippen molar-refractivity contribution in [3.05, 3.63) is 36.5 Å². The molecule has 1 aliphatic rings. The molecule has 0 atom stereocenters. The smallest absolute Gasteiger partial charge is 0.240 e. The van der Waals surface area contributed by atoms with Gasteiger partial charge < -0.3 is 0 Å². The second kappa shape index (κ2) is 5.61. The van der Waals surface area contributed by atoms with Crippen molar-refractivity contribution in [2.45, 2.75) is 36.6 Å². The SMILES string of the molecule is CNS(=O)(=O)c1cccc(-c2ccn(C3CCCC3)n2)c1. The van der Waals surface area contributed by atoms with Crippen LogP contribution in [-0.2, 0) is 10.0 Å². The summed E-state index contributed by atoms with van der Waals surface area (Å²) in [7, 11) is -2.01. The molecular weight excluding hydrogens is 286 g/mol. The lowest BCUT2D eigenvalue weighted by molar-refractivity contribution is 0.468. The lowest BCUT2D eigenvalue weighted by Gasteiger charge is -2.09. The van der Waals surface area contributed by atoms with Crippen molar-refractivity contribution < 1.29 is 8.42 Å². The standard InChI is InChI=1S/C15H19N3O2S/c1-16-21(19,20)14-8-4-5-12(11-14)15-9-10-18(17-15)13-6-2-3-7-13/h4-5,8-11,13,16H,2-3,6-7H2,1H3. The van der Waals surface area contributed by atoms with Crippen LogP contribution in [0, 0.1) is 0 Å². The fraction of sp³-hybridized carbons (Fsp3) is 0.400. The normalized spacial score (nSPS) is 16.4. The molecule has 0 amide bonds. The molecule has 1 aromatic heterocycles. The first-order chi connectivity index (χ1) is 10.1. The van der Waals surface area contributed by atoms with E-state index in [1.54, 1.807) is 18.2 Å². The summed E-state index contributed by atoms with van der Waals surface area (Å²) in [4.78, 5) is 0.262. The van der Waals surface area contributed by atoms with E-state index in [0.29, 0.717) is 6.04 Å². The molecule has 1 N–H and O–H groups in total. The second-order valence-corrected chi connectivity index (χ2v) is 7.24. The fourth-order valence-corrected chi connectivity index (χ4v) is 3.58. The second-order valence-electron chi connectivity index (χ2n) is 5.35. The van der Waals surface area contributed by atoms with Crippen LogP contribution in [0.1, 0.15) is 31.7 Å². The van der Waals surface area contributed by atoms with Crippen LogP contribution in [-0.4, -0.2) is 25.2 Å². The third kappa shape index (κ3) is 2.87. The van der Waals surface area contributed by atoms with Crippen molar-refractivity contribution in [3.63, 3.8) is 0 Å². The number of benzene rings is 1. The Morgan fingerprint density at radius 1 is 1.24 bits per heavy atom. The molecule has 21 heavy (non-hydrogen) atoms. The molecule has 1 saturated carbocycles. The molecule has 6 heteroatoms. The lowest BCUT2D eigenvalue weighted by Crippen LogP contribution is -2.18. The van der Waals surface area contributed by atoms with Crippen LogP contribution in [0.3, 0.4) is 0 Å². The predicted octanol–water partition coefficient (Wildman–Crippen LogP) is 2.57. The molecule has 1 aromatic carbocycles. The van der Waals surface area contributed by atoms with E-state index < -0.39 is 10.0 Å². The first kappa shape index (κ1) is 14.3. The Kier molecular flexibility index (Phi) is 3.82. The zero-order valence-electron chi connectivity index (χ0n) is 12.0. The Bertz CT molecular complexity index is 731. The van der Waals surface area contributed by atoms with Gasteiger partial charge in [-0.1, -0.05) is 25.0 Å². The van der Waals surface area contributed by atoms with Crippen LogP contribution in [0.2, 0.25) is 0 Å². The van der Waals surface area contributed by atoms with E-state index in [-0.39, 0.29) is 4.90 Å². The van der Waals surface area contributed by atoms with Gasteiger partial charge in [-0.2, -0.15) is 5.10 Å². The van der Waals surface area contributed by atoms with Gasteiger partial charge in [0.2, 0.25) is 10.0 Å². The van der Waals surface area contributed by atoms with Crippen LogP contribution in [0.15, 0.2) is 41.4 Å². The van der Waals surface area contributed by atoms with E-state index >= 15 is 0 Å². The Morgan fingerprint density at radius 3 is 2.71 bits per heavy atom. The highest BCUT2D eigenvalue weighted by atomic mass is 32.2. The van der Waals surface area contributed by atoms with Gasteiger partial charge in [-0.3, -0.25) is 4.68 Å². The van der Waals surface area contributed by atoms with Gasteiger partial charge in [0.15, 0.2) is 0 Å². The molecule has 0 aliphatic heterocycles. The van der Waals surface area contributed by atoms with Gasteiger partial charge >= 0.3 is 0 Å². The average Bonchev–Trinajstić information content (AvgIpc) is 3.18. The van der Waals surface area contributed by atoms with E-state index in [9.17, 15) is 8.42 Å². The van der Waals surface area contributed by atoms with Crippen molar-refractivity contribution in [2.75, 3.05) is 7.05 Å². The van der Waals surface area contributed by atoms with E-state index in [2.05, 4.69) is 9.82 Å². The molecule has 0 saturated heterocycles. The van der Waals surface area contributed by atoms with Gasteiger partial charge in [0.1, 0.15) is 0 Å². The zero-order valence-corrected chi connectivity index (χ0v) is 12.8. The summed E-state index contributed by atoms with van der Waals surface area (Å²) in [6.07, 6.45) is 6.86. The third-order valence-corrected chi connectivity index (χ3v) is 5.43. The Hall–Kier alpha value is -1.66. The molecule has 1 fully saturated rings. The predicted molar refractivity (Wildman–Crippen MR) is 81.4 cm³/mol. The largest absolute Gasteiger partial charge is 0.269 e. The highest BCUT2D eigenvalue weighted by molar-refractivity contribution is 7.89. The molecule has 3 rings (SSSR count). The summed E-state index contributed by atoms with van der Waals surface area (Å²) in [6.45, 7) is 0. The summed E-state index contributed by atoms with van der Waals surface area (Å²) in [5, 5.41) is 4.61. The molecule has 1 heterocycles. The van der Waals surface area contributed by atoms with Crippen LogP contribution in [0.5, 0.6) is 0 Å². The molecule has 5 nitrogen and oxygen atoms in total. The molecule has 1 aliphatic carbocycles. The van der Waals surface area contributed by atoms with Gasteiger partial charge in [0.05, 0.1) is 16.6 Å². The molecule has 0 unspecified atom stereocenters. The zero-order chi connectivity index (χ0) is 14.9. The van der Waals surface area contributed by atoms with Gasteiger partial charge in [0, 0.05) is 11.8 Å². The van der Waals surface area contributed by atoms with E-state index in [1.165, 1.54) is 32.7 Å². The number of hydrogen-bond donors (Lipinski definition) is 1. The van der Waals surface area contributed by atoms with E-state index in [4.69, 9.17) is 0 Å². The molecule has 0 spiro atoms. The number of sulfonamides is 1. The highest BCUT2D eigenvalue weighted by Gasteiger charge is 2.18. The molecule has 112 valence electrons. The quantitative estimate of drug-likeness (QED) is 0.944. The van der Waals surface area contributed by atoms with Crippen molar-refractivity contribution >= 4 is 10.0 Å². The summed E-state index contributed by atoms with van der Waals surface area (Å²) < 4.78 is 28.1. The first-order valence-corrected chi connectivity index (χ1v) is 8.67. The Morgan fingerprint density at radius 2 is 2.00 bits per heavy atom. The molecule has 2 aromatic rings. The topological polar surface area (TPSA) is 64.0 Å².